The summed E-state index contributed by atoms with van der Waals surface area (Å²) in [4.78, 5) is 16.3. The van der Waals surface area contributed by atoms with Gasteiger partial charge in [-0.1, -0.05) is 25.2 Å². The maximum absolute atomic E-state index is 13.6. The number of nitrogens with one attached hydrogen (secondary N) is 1. The highest BCUT2D eigenvalue weighted by molar-refractivity contribution is 7.89. The number of alkyl halides is 1. The van der Waals surface area contributed by atoms with E-state index in [1.165, 1.54) is 17.4 Å². The molecule has 1 amide bonds. The number of aryl methyl sites for hydroxylation is 1. The summed E-state index contributed by atoms with van der Waals surface area (Å²) in [5.41, 5.74) is -0.114. The molecule has 2 saturated heterocycles. The van der Waals surface area contributed by atoms with Gasteiger partial charge in [0.2, 0.25) is 21.1 Å². The van der Waals surface area contributed by atoms with Gasteiger partial charge in [-0.3, -0.25) is 4.79 Å². The van der Waals surface area contributed by atoms with E-state index in [0.717, 1.165) is 10.4 Å². The third kappa shape index (κ3) is 4.58. The summed E-state index contributed by atoms with van der Waals surface area (Å²) in [7, 11) is -4.07. The number of benzene rings is 1. The Balaban J connectivity index is 1.54. The molecule has 5 rings (SSSR count). The summed E-state index contributed by atoms with van der Waals surface area (Å²) in [6.07, 6.45) is 1.81. The standard InChI is InChI=1S/C22H28FN7O4S2/c1-14(2)20(31)29-6-4-28(5-7-29)19-9-16(36(32,33)27-22(11-23)12-34-13-22)8-18-17(19)10-30(26-18)21-25-24-15(3)35-21/h8-10,14,27H,4-7,11-13H2,1-3H3. The molecule has 1 aromatic carbocycles. The Labute approximate surface area is 212 Å². The fraction of sp³-hybridized carbons (Fsp3) is 0.545. The fourth-order valence-corrected chi connectivity index (χ4v) is 6.37. The average molecular weight is 538 g/mol. The van der Waals surface area contributed by atoms with Gasteiger partial charge in [-0.15, -0.1) is 10.2 Å². The maximum Gasteiger partial charge on any atom is 0.241 e. The van der Waals surface area contributed by atoms with Crippen molar-refractivity contribution in [1.29, 1.82) is 0 Å². The molecule has 0 aliphatic carbocycles. The number of sulfonamides is 1. The molecular weight excluding hydrogens is 509 g/mol. The lowest BCUT2D eigenvalue weighted by molar-refractivity contribution is -0.134. The minimum atomic E-state index is -4.07. The first-order valence-electron chi connectivity index (χ1n) is 11.7. The molecule has 0 spiro atoms. The highest BCUT2D eigenvalue weighted by Crippen LogP contribution is 2.33. The van der Waals surface area contributed by atoms with Crippen molar-refractivity contribution in [1.82, 2.24) is 29.6 Å². The molecule has 0 unspecified atom stereocenters. The third-order valence-electron chi connectivity index (χ3n) is 6.39. The van der Waals surface area contributed by atoms with E-state index in [1.54, 1.807) is 10.7 Å². The predicted molar refractivity (Wildman–Crippen MR) is 133 cm³/mol. The minimum Gasteiger partial charge on any atom is -0.377 e. The summed E-state index contributed by atoms with van der Waals surface area (Å²) in [5, 5.41) is 14.9. The van der Waals surface area contributed by atoms with Crippen LogP contribution >= 0.6 is 11.3 Å². The first-order chi connectivity index (χ1) is 17.1. The molecule has 0 bridgehead atoms. The Morgan fingerprint density at radius 2 is 1.94 bits per heavy atom. The van der Waals surface area contributed by atoms with Gasteiger partial charge in [0.25, 0.3) is 0 Å². The van der Waals surface area contributed by atoms with E-state index in [1.807, 2.05) is 31.9 Å². The fourth-order valence-electron chi connectivity index (χ4n) is 4.36. The zero-order valence-electron chi connectivity index (χ0n) is 20.3. The molecule has 0 radical (unpaired) electrons. The second kappa shape index (κ2) is 9.32. The largest absolute Gasteiger partial charge is 0.377 e. The predicted octanol–water partition coefficient (Wildman–Crippen LogP) is 1.51. The van der Waals surface area contributed by atoms with Crippen LogP contribution in [0.4, 0.5) is 10.1 Å². The molecule has 0 saturated carbocycles. The van der Waals surface area contributed by atoms with Crippen LogP contribution in [-0.2, 0) is 19.6 Å². The quantitative estimate of drug-likeness (QED) is 0.481. The number of aromatic nitrogens is 4. The molecule has 2 fully saturated rings. The Bertz CT molecular complexity index is 1390. The number of ether oxygens (including phenoxy) is 1. The number of carbonyl (C=O) groups is 1. The average Bonchev–Trinajstić information content (AvgIpc) is 3.46. The van der Waals surface area contributed by atoms with Crippen LogP contribution in [0.3, 0.4) is 0 Å². The lowest BCUT2D eigenvalue weighted by atomic mass is 10.0. The SMILES string of the molecule is Cc1nnc(-n2cc3c(N4CCN(C(=O)C(C)C)CC4)cc(S(=O)(=O)NC4(CF)COC4)cc3n2)s1. The number of piperazine rings is 1. The van der Waals surface area contributed by atoms with Crippen LogP contribution in [0.5, 0.6) is 0 Å². The van der Waals surface area contributed by atoms with E-state index >= 15 is 0 Å². The highest BCUT2D eigenvalue weighted by Gasteiger charge is 2.43. The van der Waals surface area contributed by atoms with E-state index < -0.39 is 22.2 Å². The summed E-state index contributed by atoms with van der Waals surface area (Å²) >= 11 is 1.37. The van der Waals surface area contributed by atoms with Gasteiger partial charge in [0, 0.05) is 49.4 Å². The van der Waals surface area contributed by atoms with Gasteiger partial charge in [0.05, 0.1) is 23.6 Å². The zero-order valence-corrected chi connectivity index (χ0v) is 21.9. The topological polar surface area (TPSA) is 123 Å². The van der Waals surface area contributed by atoms with Crippen molar-refractivity contribution in [3.63, 3.8) is 0 Å². The van der Waals surface area contributed by atoms with Crippen LogP contribution in [0, 0.1) is 12.8 Å². The molecule has 36 heavy (non-hydrogen) atoms. The number of carbonyl (C=O) groups excluding carboxylic acids is 1. The van der Waals surface area contributed by atoms with Crippen LogP contribution in [0.15, 0.2) is 23.2 Å². The second-order valence-electron chi connectivity index (χ2n) is 9.53. The summed E-state index contributed by atoms with van der Waals surface area (Å²) in [5.74, 6) is 0.00808. The van der Waals surface area contributed by atoms with Crippen molar-refractivity contribution in [2.45, 2.75) is 31.2 Å². The molecule has 3 aromatic rings. The van der Waals surface area contributed by atoms with Gasteiger partial charge in [-0.05, 0) is 19.1 Å². The van der Waals surface area contributed by atoms with Gasteiger partial charge in [-0.25, -0.2) is 17.5 Å². The summed E-state index contributed by atoms with van der Waals surface area (Å²) in [6, 6.07) is 3.07. The van der Waals surface area contributed by atoms with Crippen molar-refractivity contribution >= 4 is 43.9 Å². The molecule has 14 heteroatoms. The van der Waals surface area contributed by atoms with E-state index in [-0.39, 0.29) is 29.9 Å². The minimum absolute atomic E-state index is 0.0101. The molecule has 11 nitrogen and oxygen atoms in total. The van der Waals surface area contributed by atoms with Crippen molar-refractivity contribution < 1.29 is 22.3 Å². The molecule has 4 heterocycles. The monoisotopic (exact) mass is 537 g/mol. The number of halogens is 1. The number of nitrogens with zero attached hydrogens (tertiary/aromatic N) is 6. The van der Waals surface area contributed by atoms with Gasteiger partial charge in [-0.2, -0.15) is 9.82 Å². The van der Waals surface area contributed by atoms with E-state index in [0.29, 0.717) is 42.5 Å². The number of hydrogen-bond acceptors (Lipinski definition) is 9. The molecule has 2 aromatic heterocycles. The van der Waals surface area contributed by atoms with Crippen molar-refractivity contribution in [3.8, 4) is 5.13 Å². The van der Waals surface area contributed by atoms with Crippen LogP contribution in [0.1, 0.15) is 18.9 Å². The normalized spacial score (nSPS) is 18.1. The lowest BCUT2D eigenvalue weighted by Crippen LogP contribution is -2.63. The van der Waals surface area contributed by atoms with Crippen LogP contribution in [-0.4, -0.2) is 90.8 Å². The zero-order chi connectivity index (χ0) is 25.7. The number of hydrogen-bond donors (Lipinski definition) is 1. The van der Waals surface area contributed by atoms with Crippen LogP contribution in [0.2, 0.25) is 0 Å². The van der Waals surface area contributed by atoms with Gasteiger partial charge in [0.1, 0.15) is 17.2 Å². The van der Waals surface area contributed by atoms with Crippen molar-refractivity contribution in [2.24, 2.45) is 5.92 Å². The Kier molecular flexibility index (Phi) is 6.47. The summed E-state index contributed by atoms with van der Waals surface area (Å²) in [6.45, 7) is 6.82. The van der Waals surface area contributed by atoms with E-state index in [9.17, 15) is 17.6 Å². The number of rotatable bonds is 7. The van der Waals surface area contributed by atoms with Gasteiger partial charge < -0.3 is 14.5 Å². The summed E-state index contributed by atoms with van der Waals surface area (Å²) < 4.78 is 49.4. The number of anilines is 1. The first kappa shape index (κ1) is 25.0. The van der Waals surface area contributed by atoms with Gasteiger partial charge >= 0.3 is 0 Å². The smallest absolute Gasteiger partial charge is 0.241 e. The first-order valence-corrected chi connectivity index (χ1v) is 14.0. The van der Waals surface area contributed by atoms with Crippen LogP contribution in [0.25, 0.3) is 16.0 Å². The van der Waals surface area contributed by atoms with Crippen LogP contribution < -0.4 is 9.62 Å². The number of fused-ring (bicyclic) bond motifs is 1. The number of amides is 1. The second-order valence-corrected chi connectivity index (χ2v) is 12.4. The molecule has 0 atom stereocenters. The third-order valence-corrected chi connectivity index (χ3v) is 8.77. The van der Waals surface area contributed by atoms with Crippen molar-refractivity contribution in [3.05, 3.63) is 23.3 Å². The lowest BCUT2D eigenvalue weighted by Gasteiger charge is -2.39. The Morgan fingerprint density at radius 1 is 1.22 bits per heavy atom. The van der Waals surface area contributed by atoms with Crippen molar-refractivity contribution in [2.75, 3.05) is 51.0 Å². The molecular formula is C22H28FN7O4S2. The van der Waals surface area contributed by atoms with E-state index in [2.05, 4.69) is 24.9 Å². The Hall–Kier alpha value is -2.68. The van der Waals surface area contributed by atoms with Gasteiger partial charge in [0.15, 0.2) is 0 Å². The molecule has 1 N–H and O–H groups in total. The Morgan fingerprint density at radius 3 is 2.50 bits per heavy atom. The maximum atomic E-state index is 13.6. The highest BCUT2D eigenvalue weighted by atomic mass is 32.2. The molecule has 194 valence electrons. The molecule has 2 aliphatic rings. The molecule has 2 aliphatic heterocycles. The van der Waals surface area contributed by atoms with E-state index in [4.69, 9.17) is 4.74 Å².